The second-order valence-corrected chi connectivity index (χ2v) is 6.90. The predicted molar refractivity (Wildman–Crippen MR) is 77.4 cm³/mol. The number of nitrogens with zero attached hydrogens (tertiary/aromatic N) is 4. The Bertz CT molecular complexity index is 583. The molecule has 0 aromatic carbocycles. The molecule has 0 saturated heterocycles. The quantitative estimate of drug-likeness (QED) is 0.609. The van der Waals surface area contributed by atoms with Gasteiger partial charge in [-0.2, -0.15) is 4.31 Å². The van der Waals surface area contributed by atoms with Crippen LogP contribution in [0, 0.1) is 0 Å². The first kappa shape index (κ1) is 16.5. The van der Waals surface area contributed by atoms with Gasteiger partial charge in [0.25, 0.3) is 10.0 Å². The molecule has 0 radical (unpaired) electrons. The summed E-state index contributed by atoms with van der Waals surface area (Å²) in [4.78, 5) is 12.9. The zero-order valence-corrected chi connectivity index (χ0v) is 13.2. The van der Waals surface area contributed by atoms with Crippen molar-refractivity contribution in [3.63, 3.8) is 0 Å². The fourth-order valence-corrected chi connectivity index (χ4v) is 3.71. The summed E-state index contributed by atoms with van der Waals surface area (Å²) < 4.78 is 25.3. The Labute approximate surface area is 122 Å². The first-order valence-corrected chi connectivity index (χ1v) is 8.04. The first-order valence-electron chi connectivity index (χ1n) is 5.78. The van der Waals surface area contributed by atoms with Crippen LogP contribution in [0.25, 0.3) is 0 Å². The number of aromatic nitrogens is 2. The maximum Gasteiger partial charge on any atom is 0.323 e. The molecule has 8 nitrogen and oxygen atoms in total. The van der Waals surface area contributed by atoms with Crippen molar-refractivity contribution in [1.29, 1.82) is 0 Å². The highest BCUT2D eigenvalue weighted by Crippen LogP contribution is 2.25. The third kappa shape index (κ3) is 3.32. The highest BCUT2D eigenvalue weighted by atomic mass is 32.2. The maximum atomic E-state index is 12.2. The Morgan fingerprint density at radius 3 is 2.65 bits per heavy atom. The minimum absolute atomic E-state index is 0.154. The molecule has 0 aliphatic rings. The molecular formula is C10H17N5O3S2. The van der Waals surface area contributed by atoms with Crippen molar-refractivity contribution < 1.29 is 13.2 Å². The minimum Gasteiger partial charge on any atom is -0.341 e. The van der Waals surface area contributed by atoms with Crippen molar-refractivity contribution in [2.75, 3.05) is 32.1 Å². The monoisotopic (exact) mass is 319 g/mol. The van der Waals surface area contributed by atoms with E-state index in [1.807, 2.05) is 0 Å². The number of urea groups is 1. The van der Waals surface area contributed by atoms with Crippen molar-refractivity contribution in [3.8, 4) is 0 Å². The van der Waals surface area contributed by atoms with Crippen molar-refractivity contribution in [1.82, 2.24) is 19.8 Å². The van der Waals surface area contributed by atoms with E-state index < -0.39 is 10.0 Å². The Hall–Kier alpha value is -1.52. The van der Waals surface area contributed by atoms with Gasteiger partial charge in [0, 0.05) is 27.2 Å². The molecule has 1 N–H and O–H groups in total. The largest absolute Gasteiger partial charge is 0.341 e. The number of rotatable bonds is 6. The molecule has 0 saturated carbocycles. The summed E-state index contributed by atoms with van der Waals surface area (Å²) in [5.74, 6) is 0. The lowest BCUT2D eigenvalue weighted by Gasteiger charge is -2.15. The van der Waals surface area contributed by atoms with E-state index in [0.29, 0.717) is 6.54 Å². The van der Waals surface area contributed by atoms with Gasteiger partial charge in [0.05, 0.1) is 0 Å². The van der Waals surface area contributed by atoms with E-state index in [1.165, 1.54) is 25.1 Å². The summed E-state index contributed by atoms with van der Waals surface area (Å²) in [5, 5.41) is 10.1. The molecule has 0 unspecified atom stereocenters. The lowest BCUT2D eigenvalue weighted by Crippen LogP contribution is -2.37. The third-order valence-electron chi connectivity index (χ3n) is 2.42. The molecule has 0 aliphatic heterocycles. The number of hydrogen-bond acceptors (Lipinski definition) is 6. The summed E-state index contributed by atoms with van der Waals surface area (Å²) in [6.07, 6.45) is 1.47. The van der Waals surface area contributed by atoms with Gasteiger partial charge in [-0.15, -0.1) is 16.8 Å². The van der Waals surface area contributed by atoms with E-state index in [0.717, 1.165) is 15.6 Å². The average Bonchev–Trinajstić information content (AvgIpc) is 2.89. The molecular weight excluding hydrogens is 302 g/mol. The molecule has 0 bridgehead atoms. The smallest absolute Gasteiger partial charge is 0.323 e. The normalized spacial score (nSPS) is 11.4. The second-order valence-electron chi connectivity index (χ2n) is 3.72. The lowest BCUT2D eigenvalue weighted by molar-refractivity contribution is 0.248. The van der Waals surface area contributed by atoms with E-state index >= 15 is 0 Å². The van der Waals surface area contributed by atoms with E-state index in [9.17, 15) is 13.2 Å². The van der Waals surface area contributed by atoms with Crippen LogP contribution >= 0.6 is 11.3 Å². The van der Waals surface area contributed by atoms with E-state index in [1.54, 1.807) is 6.92 Å². The maximum absolute atomic E-state index is 12.2. The average molecular weight is 319 g/mol. The van der Waals surface area contributed by atoms with Crippen LogP contribution in [0.4, 0.5) is 9.93 Å². The van der Waals surface area contributed by atoms with Gasteiger partial charge >= 0.3 is 6.03 Å². The van der Waals surface area contributed by atoms with Crippen LogP contribution in [-0.4, -0.2) is 56.1 Å². The number of nitrogens with one attached hydrogen (secondary N) is 1. The van der Waals surface area contributed by atoms with Crippen LogP contribution in [0.2, 0.25) is 0 Å². The molecule has 10 heteroatoms. The summed E-state index contributed by atoms with van der Waals surface area (Å²) in [7, 11) is -0.793. The Balaban J connectivity index is 3.08. The fourth-order valence-electron chi connectivity index (χ4n) is 1.33. The van der Waals surface area contributed by atoms with Gasteiger partial charge in [-0.05, 0) is 6.92 Å². The van der Waals surface area contributed by atoms with Crippen LogP contribution < -0.4 is 10.2 Å². The molecule has 1 aromatic rings. The second kappa shape index (κ2) is 6.77. The highest BCUT2D eigenvalue weighted by molar-refractivity contribution is 7.91. The molecule has 0 spiro atoms. The van der Waals surface area contributed by atoms with Crippen LogP contribution in [0.1, 0.15) is 6.92 Å². The van der Waals surface area contributed by atoms with E-state index in [-0.39, 0.29) is 22.0 Å². The fraction of sp³-hybridized carbons (Fsp3) is 0.500. The molecule has 0 atom stereocenters. The molecule has 0 fully saturated rings. The standard InChI is InChI=1S/C10H17N5O3S2/c1-5-7-14(4)20(17,18)10-13-12-9(19-10)15(6-2)8(16)11-3/h5H,1,6-7H2,2-4H3,(H,11,16). The van der Waals surface area contributed by atoms with Gasteiger partial charge in [0.15, 0.2) is 0 Å². The minimum atomic E-state index is -3.71. The third-order valence-corrected chi connectivity index (χ3v) is 5.53. The number of sulfonamides is 1. The Morgan fingerprint density at radius 1 is 1.50 bits per heavy atom. The highest BCUT2D eigenvalue weighted by Gasteiger charge is 2.27. The topological polar surface area (TPSA) is 95.5 Å². The summed E-state index contributed by atoms with van der Waals surface area (Å²) in [6, 6.07) is -0.368. The molecule has 112 valence electrons. The van der Waals surface area contributed by atoms with Gasteiger partial charge in [-0.1, -0.05) is 17.4 Å². The summed E-state index contributed by atoms with van der Waals surface area (Å²) in [6.45, 7) is 5.78. The number of amides is 2. The first-order chi connectivity index (χ1) is 9.38. The molecule has 0 aliphatic carbocycles. The zero-order chi connectivity index (χ0) is 15.3. The van der Waals surface area contributed by atoms with Gasteiger partial charge in [-0.25, -0.2) is 13.2 Å². The van der Waals surface area contributed by atoms with E-state index in [4.69, 9.17) is 0 Å². The molecule has 1 rings (SSSR count). The van der Waals surface area contributed by atoms with Gasteiger partial charge < -0.3 is 5.32 Å². The molecule has 1 heterocycles. The van der Waals surface area contributed by atoms with Crippen LogP contribution in [-0.2, 0) is 10.0 Å². The van der Waals surface area contributed by atoms with Crippen molar-refractivity contribution in [3.05, 3.63) is 12.7 Å². The Morgan fingerprint density at radius 2 is 2.15 bits per heavy atom. The number of carbonyl (C=O) groups excluding carboxylic acids is 1. The molecule has 20 heavy (non-hydrogen) atoms. The summed E-state index contributed by atoms with van der Waals surface area (Å²) in [5.41, 5.74) is 0. The Kier molecular flexibility index (Phi) is 5.60. The number of anilines is 1. The summed E-state index contributed by atoms with van der Waals surface area (Å²) >= 11 is 0.849. The van der Waals surface area contributed by atoms with Crippen molar-refractivity contribution >= 4 is 32.5 Å². The van der Waals surface area contributed by atoms with Crippen LogP contribution in [0.15, 0.2) is 17.0 Å². The predicted octanol–water partition coefficient (Wildman–Crippen LogP) is 0.510. The van der Waals surface area contributed by atoms with Crippen molar-refractivity contribution in [2.45, 2.75) is 11.3 Å². The zero-order valence-electron chi connectivity index (χ0n) is 11.5. The molecule has 2 amide bonds. The van der Waals surface area contributed by atoms with Gasteiger partial charge in [0.2, 0.25) is 9.47 Å². The van der Waals surface area contributed by atoms with Crippen molar-refractivity contribution in [2.24, 2.45) is 0 Å². The SMILES string of the molecule is C=CCN(C)S(=O)(=O)c1nnc(N(CC)C(=O)NC)s1. The van der Waals surface area contributed by atoms with E-state index in [2.05, 4.69) is 22.1 Å². The van der Waals surface area contributed by atoms with Gasteiger partial charge in [-0.3, -0.25) is 4.90 Å². The van der Waals surface area contributed by atoms with Crippen LogP contribution in [0.3, 0.4) is 0 Å². The van der Waals surface area contributed by atoms with Crippen LogP contribution in [0.5, 0.6) is 0 Å². The molecule has 1 aromatic heterocycles. The number of likely N-dealkylation sites (N-methyl/N-ethyl adjacent to an activating group) is 1. The lowest BCUT2D eigenvalue weighted by atomic mass is 10.6. The van der Waals surface area contributed by atoms with Gasteiger partial charge in [0.1, 0.15) is 0 Å². The number of hydrogen-bond donors (Lipinski definition) is 1. The number of carbonyl (C=O) groups is 1.